The number of benzene rings is 2. The molecule has 0 fully saturated rings. The van der Waals surface area contributed by atoms with Gasteiger partial charge in [0.05, 0.1) is 29.4 Å². The van der Waals surface area contributed by atoms with Gasteiger partial charge in [0, 0.05) is 18.2 Å². The van der Waals surface area contributed by atoms with Crippen LogP contribution in [-0.4, -0.2) is 26.2 Å². The van der Waals surface area contributed by atoms with E-state index in [1.165, 1.54) is 19.2 Å². The number of anilines is 1. The summed E-state index contributed by atoms with van der Waals surface area (Å²) in [6, 6.07) is 9.98. The summed E-state index contributed by atoms with van der Waals surface area (Å²) in [5.74, 6) is 0.0225. The van der Waals surface area contributed by atoms with Gasteiger partial charge in [-0.1, -0.05) is 35.3 Å². The van der Waals surface area contributed by atoms with Crippen molar-refractivity contribution in [3.05, 3.63) is 57.6 Å². The molecule has 2 atom stereocenters. The zero-order chi connectivity index (χ0) is 18.6. The van der Waals surface area contributed by atoms with E-state index in [1.807, 2.05) is 19.1 Å². The second-order valence-corrected chi connectivity index (χ2v) is 6.39. The first-order chi connectivity index (χ1) is 11.9. The van der Waals surface area contributed by atoms with E-state index >= 15 is 0 Å². The van der Waals surface area contributed by atoms with E-state index in [1.54, 1.807) is 19.2 Å². The molecule has 0 aliphatic heterocycles. The minimum Gasteiger partial charge on any atom is -0.496 e. The maximum Gasteiger partial charge on any atom is 0.255 e. The van der Waals surface area contributed by atoms with Crippen LogP contribution in [0.15, 0.2) is 36.4 Å². The van der Waals surface area contributed by atoms with E-state index in [2.05, 4.69) is 5.32 Å². The van der Waals surface area contributed by atoms with Crippen molar-refractivity contribution in [3.63, 3.8) is 0 Å². The van der Waals surface area contributed by atoms with Crippen LogP contribution >= 0.6 is 23.2 Å². The number of hydrogen-bond acceptors (Lipinski definition) is 4. The quantitative estimate of drug-likeness (QED) is 0.737. The first-order valence-electron chi connectivity index (χ1n) is 7.59. The van der Waals surface area contributed by atoms with Gasteiger partial charge in [-0.2, -0.15) is 0 Å². The average molecular weight is 383 g/mol. The van der Waals surface area contributed by atoms with Crippen LogP contribution in [0.5, 0.6) is 5.75 Å². The predicted molar refractivity (Wildman–Crippen MR) is 101 cm³/mol. The van der Waals surface area contributed by atoms with Crippen LogP contribution in [0.4, 0.5) is 5.69 Å². The molecule has 2 unspecified atom stereocenters. The lowest BCUT2D eigenvalue weighted by atomic mass is 10.0. The van der Waals surface area contributed by atoms with Crippen molar-refractivity contribution >= 4 is 34.8 Å². The summed E-state index contributed by atoms with van der Waals surface area (Å²) >= 11 is 11.9. The third-order valence-corrected chi connectivity index (χ3v) is 4.41. The van der Waals surface area contributed by atoms with Crippen LogP contribution in [0.3, 0.4) is 0 Å². The van der Waals surface area contributed by atoms with Crippen LogP contribution < -0.4 is 15.8 Å². The number of carbonyl (C=O) groups is 1. The molecular weight excluding hydrogens is 363 g/mol. The molecule has 0 spiro atoms. The number of carbonyl (C=O) groups excluding carboxylic acids is 1. The van der Waals surface area contributed by atoms with Crippen molar-refractivity contribution < 1.29 is 14.3 Å². The maximum absolute atomic E-state index is 12.6. The lowest BCUT2D eigenvalue weighted by molar-refractivity contribution is 0.0643. The van der Waals surface area contributed by atoms with Gasteiger partial charge in [0.1, 0.15) is 11.9 Å². The number of amides is 1. The molecule has 5 nitrogen and oxygen atoms in total. The molecule has 2 aromatic rings. The molecule has 0 aliphatic rings. The van der Waals surface area contributed by atoms with Gasteiger partial charge < -0.3 is 20.5 Å². The highest BCUT2D eigenvalue weighted by Crippen LogP contribution is 2.29. The number of halogens is 2. The molecule has 0 bridgehead atoms. The number of nitrogens with one attached hydrogen (secondary N) is 1. The van der Waals surface area contributed by atoms with Gasteiger partial charge >= 0.3 is 0 Å². The van der Waals surface area contributed by atoms with Crippen LogP contribution in [-0.2, 0) is 4.74 Å². The fourth-order valence-corrected chi connectivity index (χ4v) is 2.85. The van der Waals surface area contributed by atoms with Gasteiger partial charge in [-0.25, -0.2) is 0 Å². The van der Waals surface area contributed by atoms with Gasteiger partial charge in [-0.05, 0) is 30.7 Å². The molecule has 0 aromatic heterocycles. The molecule has 0 radical (unpaired) electrons. The van der Waals surface area contributed by atoms with Gasteiger partial charge in [0.25, 0.3) is 5.91 Å². The molecule has 25 heavy (non-hydrogen) atoms. The predicted octanol–water partition coefficient (Wildman–Crippen LogP) is 4.09. The topological polar surface area (TPSA) is 73.6 Å². The number of ether oxygens (including phenoxy) is 2. The minimum atomic E-state index is -0.337. The van der Waals surface area contributed by atoms with Crippen molar-refractivity contribution in [2.24, 2.45) is 0 Å². The highest BCUT2D eigenvalue weighted by Gasteiger charge is 2.23. The smallest absolute Gasteiger partial charge is 0.255 e. The van der Waals surface area contributed by atoms with E-state index in [-0.39, 0.29) is 18.1 Å². The minimum absolute atomic E-state index is 0.291. The van der Waals surface area contributed by atoms with Crippen LogP contribution in [0.25, 0.3) is 0 Å². The molecule has 3 N–H and O–H groups in total. The summed E-state index contributed by atoms with van der Waals surface area (Å²) in [5, 5.41) is 3.83. The van der Waals surface area contributed by atoms with E-state index in [0.29, 0.717) is 27.0 Å². The van der Waals surface area contributed by atoms with E-state index in [4.69, 9.17) is 38.4 Å². The molecule has 0 saturated heterocycles. The summed E-state index contributed by atoms with van der Waals surface area (Å²) in [5.41, 5.74) is 7.31. The number of hydrogen-bond donors (Lipinski definition) is 2. The zero-order valence-corrected chi connectivity index (χ0v) is 15.7. The van der Waals surface area contributed by atoms with Crippen molar-refractivity contribution in [1.82, 2.24) is 5.32 Å². The Morgan fingerprint density at radius 3 is 2.36 bits per heavy atom. The molecule has 0 saturated carbocycles. The Kier molecular flexibility index (Phi) is 6.53. The lowest BCUT2D eigenvalue weighted by Gasteiger charge is -2.24. The van der Waals surface area contributed by atoms with Crippen molar-refractivity contribution in [2.45, 2.75) is 19.1 Å². The van der Waals surface area contributed by atoms with Gasteiger partial charge in [0.15, 0.2) is 0 Å². The molecule has 2 rings (SSSR count). The van der Waals surface area contributed by atoms with Crippen molar-refractivity contribution in [2.75, 3.05) is 20.0 Å². The Morgan fingerprint density at radius 1 is 1.16 bits per heavy atom. The monoisotopic (exact) mass is 382 g/mol. The van der Waals surface area contributed by atoms with Crippen molar-refractivity contribution in [3.8, 4) is 5.75 Å². The normalized spacial score (nSPS) is 13.2. The summed E-state index contributed by atoms with van der Waals surface area (Å²) < 4.78 is 10.8. The van der Waals surface area contributed by atoms with Crippen LogP contribution in [0, 0.1) is 0 Å². The molecule has 134 valence electrons. The number of nitrogen functional groups attached to an aromatic ring is 1. The standard InChI is InChI=1S/C18H20Cl2N2O3/c1-10(17(25-3)11-4-6-12(19)7-5-11)22-18(23)13-8-14(20)15(21)9-16(13)24-2/h4-10,17H,21H2,1-3H3,(H,22,23). The fraction of sp³-hybridized carbons (Fsp3) is 0.278. The number of rotatable bonds is 6. The molecule has 1 amide bonds. The molecule has 0 aliphatic carbocycles. The van der Waals surface area contributed by atoms with Gasteiger partial charge in [-0.15, -0.1) is 0 Å². The summed E-state index contributed by atoms with van der Waals surface area (Å²) in [6.07, 6.45) is -0.337. The number of nitrogens with two attached hydrogens (primary N) is 1. The lowest BCUT2D eigenvalue weighted by Crippen LogP contribution is -2.38. The van der Waals surface area contributed by atoms with Gasteiger partial charge in [-0.3, -0.25) is 4.79 Å². The van der Waals surface area contributed by atoms with Crippen LogP contribution in [0.1, 0.15) is 28.9 Å². The third-order valence-electron chi connectivity index (χ3n) is 3.83. The Labute approximate surface area is 157 Å². The average Bonchev–Trinajstić information content (AvgIpc) is 2.59. The Morgan fingerprint density at radius 2 is 1.80 bits per heavy atom. The SMILES string of the molecule is COc1cc(N)c(Cl)cc1C(=O)NC(C)C(OC)c1ccc(Cl)cc1. The van der Waals surface area contributed by atoms with E-state index in [0.717, 1.165) is 5.56 Å². The second kappa shape index (κ2) is 8.43. The number of methoxy groups -OCH3 is 2. The second-order valence-electron chi connectivity index (χ2n) is 5.54. The third kappa shape index (κ3) is 4.57. The largest absolute Gasteiger partial charge is 0.496 e. The van der Waals surface area contributed by atoms with Crippen LogP contribution in [0.2, 0.25) is 10.0 Å². The first kappa shape index (κ1) is 19.4. The Bertz CT molecular complexity index is 751. The maximum atomic E-state index is 12.6. The first-order valence-corrected chi connectivity index (χ1v) is 8.35. The molecular formula is C18H20Cl2N2O3. The molecule has 7 heteroatoms. The van der Waals surface area contributed by atoms with Gasteiger partial charge in [0.2, 0.25) is 0 Å². The van der Waals surface area contributed by atoms with Crippen molar-refractivity contribution in [1.29, 1.82) is 0 Å². The Hall–Kier alpha value is -1.95. The highest BCUT2D eigenvalue weighted by atomic mass is 35.5. The highest BCUT2D eigenvalue weighted by molar-refractivity contribution is 6.33. The fourth-order valence-electron chi connectivity index (χ4n) is 2.56. The summed E-state index contributed by atoms with van der Waals surface area (Å²) in [4.78, 5) is 12.6. The van der Waals surface area contributed by atoms with E-state index in [9.17, 15) is 4.79 Å². The van der Waals surface area contributed by atoms with E-state index < -0.39 is 0 Å². The summed E-state index contributed by atoms with van der Waals surface area (Å²) in [7, 11) is 3.05. The molecule has 0 heterocycles. The zero-order valence-electron chi connectivity index (χ0n) is 14.2. The summed E-state index contributed by atoms with van der Waals surface area (Å²) in [6.45, 7) is 1.85. The Balaban J connectivity index is 2.21. The molecule has 2 aromatic carbocycles.